The lowest BCUT2D eigenvalue weighted by Crippen LogP contribution is -2.52. The third-order valence-corrected chi connectivity index (χ3v) is 3.97. The Balaban J connectivity index is 1.88. The average molecular weight is 277 g/mol. The summed E-state index contributed by atoms with van der Waals surface area (Å²) in [5.41, 5.74) is 0.764. The van der Waals surface area contributed by atoms with E-state index in [0.717, 1.165) is 18.4 Å². The van der Waals surface area contributed by atoms with Crippen molar-refractivity contribution in [1.82, 2.24) is 15.2 Å². The van der Waals surface area contributed by atoms with E-state index in [9.17, 15) is 9.90 Å². The van der Waals surface area contributed by atoms with Crippen molar-refractivity contribution in [2.75, 3.05) is 6.54 Å². The van der Waals surface area contributed by atoms with Crippen LogP contribution in [-0.2, 0) is 0 Å². The number of nitrogens with one attached hydrogen (secondary N) is 1. The fourth-order valence-corrected chi connectivity index (χ4v) is 2.80. The second kappa shape index (κ2) is 6.70. The molecule has 1 saturated heterocycles. The summed E-state index contributed by atoms with van der Waals surface area (Å²) in [7, 11) is 0. The normalized spacial score (nSPS) is 24.2. The molecule has 1 fully saturated rings. The molecule has 5 nitrogen and oxygen atoms in total. The molecule has 1 aromatic heterocycles. The number of urea groups is 1. The van der Waals surface area contributed by atoms with Crippen LogP contribution in [0, 0.1) is 0 Å². The van der Waals surface area contributed by atoms with Gasteiger partial charge in [-0.25, -0.2) is 4.79 Å². The Kier molecular flexibility index (Phi) is 4.95. The number of aliphatic hydroxyl groups excluding tert-OH is 1. The van der Waals surface area contributed by atoms with Gasteiger partial charge in [0.25, 0.3) is 0 Å². The molecule has 2 amide bonds. The van der Waals surface area contributed by atoms with Gasteiger partial charge in [0.2, 0.25) is 0 Å². The van der Waals surface area contributed by atoms with Gasteiger partial charge in [-0.15, -0.1) is 0 Å². The summed E-state index contributed by atoms with van der Waals surface area (Å²) in [6, 6.07) is 3.94. The zero-order chi connectivity index (χ0) is 14.5. The fraction of sp³-hybridized carbons (Fsp3) is 0.600. The summed E-state index contributed by atoms with van der Waals surface area (Å²) in [6.45, 7) is 4.38. The third kappa shape index (κ3) is 3.48. The maximum absolute atomic E-state index is 12.2. The number of aromatic nitrogens is 1. The summed E-state index contributed by atoms with van der Waals surface area (Å²) in [5, 5.41) is 12.9. The molecule has 3 atom stereocenters. The molecule has 5 heteroatoms. The largest absolute Gasteiger partial charge is 0.387 e. The smallest absolute Gasteiger partial charge is 0.317 e. The molecular formula is C15H23N3O2. The van der Waals surface area contributed by atoms with Crippen molar-refractivity contribution >= 4 is 6.03 Å². The van der Waals surface area contributed by atoms with Gasteiger partial charge in [0, 0.05) is 31.0 Å². The number of piperidine rings is 1. The number of carbonyl (C=O) groups is 1. The molecular weight excluding hydrogens is 254 g/mol. The van der Waals surface area contributed by atoms with Crippen molar-refractivity contribution in [3.8, 4) is 0 Å². The van der Waals surface area contributed by atoms with Crippen molar-refractivity contribution in [2.45, 2.75) is 51.3 Å². The number of aliphatic hydroxyl groups is 1. The molecule has 3 unspecified atom stereocenters. The summed E-state index contributed by atoms with van der Waals surface area (Å²) < 4.78 is 0. The second-order valence-electron chi connectivity index (χ2n) is 5.52. The molecule has 0 spiro atoms. The lowest BCUT2D eigenvalue weighted by Gasteiger charge is -2.39. The topological polar surface area (TPSA) is 65.5 Å². The van der Waals surface area contributed by atoms with Crippen molar-refractivity contribution in [3.63, 3.8) is 0 Å². The number of hydrogen-bond acceptors (Lipinski definition) is 3. The molecule has 1 aliphatic heterocycles. The molecule has 0 saturated carbocycles. The lowest BCUT2D eigenvalue weighted by atomic mass is 9.98. The molecule has 2 N–H and O–H groups in total. The first-order valence-corrected chi connectivity index (χ1v) is 7.23. The summed E-state index contributed by atoms with van der Waals surface area (Å²) in [6.07, 6.45) is 5.84. The van der Waals surface area contributed by atoms with Crippen LogP contribution < -0.4 is 5.32 Å². The summed E-state index contributed by atoms with van der Waals surface area (Å²) in [4.78, 5) is 18.0. The van der Waals surface area contributed by atoms with Crippen molar-refractivity contribution in [3.05, 3.63) is 30.1 Å². The van der Waals surface area contributed by atoms with Crippen LogP contribution in [0.4, 0.5) is 4.79 Å². The first kappa shape index (κ1) is 14.8. The summed E-state index contributed by atoms with van der Waals surface area (Å²) >= 11 is 0. The highest BCUT2D eigenvalue weighted by molar-refractivity contribution is 5.75. The SMILES string of the molecule is CC1CCCC(C)N1C(=O)NCC(O)c1ccncc1. The molecule has 0 bridgehead atoms. The van der Waals surface area contributed by atoms with Crippen LogP contribution in [0.15, 0.2) is 24.5 Å². The van der Waals surface area contributed by atoms with Crippen LogP contribution in [-0.4, -0.2) is 39.6 Å². The fourth-order valence-electron chi connectivity index (χ4n) is 2.80. The van der Waals surface area contributed by atoms with Crippen molar-refractivity contribution in [2.24, 2.45) is 0 Å². The lowest BCUT2D eigenvalue weighted by molar-refractivity contribution is 0.115. The monoisotopic (exact) mass is 277 g/mol. The second-order valence-corrected chi connectivity index (χ2v) is 5.52. The van der Waals surface area contributed by atoms with E-state index in [4.69, 9.17) is 0 Å². The van der Waals surface area contributed by atoms with Gasteiger partial charge in [-0.05, 0) is 50.8 Å². The Bertz CT molecular complexity index is 428. The van der Waals surface area contributed by atoms with E-state index >= 15 is 0 Å². The van der Waals surface area contributed by atoms with E-state index in [1.54, 1.807) is 24.5 Å². The minimum absolute atomic E-state index is 0.0854. The maximum Gasteiger partial charge on any atom is 0.317 e. The first-order chi connectivity index (χ1) is 9.59. The summed E-state index contributed by atoms with van der Waals surface area (Å²) in [5.74, 6) is 0. The molecule has 2 heterocycles. The number of amides is 2. The van der Waals surface area contributed by atoms with Crippen molar-refractivity contribution in [1.29, 1.82) is 0 Å². The molecule has 0 aliphatic carbocycles. The van der Waals surface area contributed by atoms with Crippen LogP contribution in [0.5, 0.6) is 0 Å². The van der Waals surface area contributed by atoms with E-state index in [1.807, 2.05) is 4.90 Å². The minimum Gasteiger partial charge on any atom is -0.387 e. The third-order valence-electron chi connectivity index (χ3n) is 3.97. The maximum atomic E-state index is 12.2. The standard InChI is InChI=1S/C15H23N3O2/c1-11-4-3-5-12(2)18(11)15(20)17-10-14(19)13-6-8-16-9-7-13/h6-9,11-12,14,19H,3-5,10H2,1-2H3,(H,17,20). The molecule has 1 aliphatic rings. The quantitative estimate of drug-likeness (QED) is 0.889. The van der Waals surface area contributed by atoms with Gasteiger partial charge in [-0.2, -0.15) is 0 Å². The Morgan fingerprint density at radius 1 is 1.40 bits per heavy atom. The average Bonchev–Trinajstić information content (AvgIpc) is 2.45. The van der Waals surface area contributed by atoms with Crippen LogP contribution in [0.3, 0.4) is 0 Å². The van der Waals surface area contributed by atoms with E-state index in [2.05, 4.69) is 24.1 Å². The first-order valence-electron chi connectivity index (χ1n) is 7.23. The molecule has 0 aromatic carbocycles. The van der Waals surface area contributed by atoms with Gasteiger partial charge in [0.1, 0.15) is 0 Å². The number of likely N-dealkylation sites (tertiary alicyclic amines) is 1. The number of pyridine rings is 1. The highest BCUT2D eigenvalue weighted by Gasteiger charge is 2.28. The molecule has 1 aromatic rings. The van der Waals surface area contributed by atoms with Crippen LogP contribution in [0.2, 0.25) is 0 Å². The van der Waals surface area contributed by atoms with E-state index in [-0.39, 0.29) is 24.7 Å². The van der Waals surface area contributed by atoms with Gasteiger partial charge in [-0.1, -0.05) is 0 Å². The Labute approximate surface area is 120 Å². The minimum atomic E-state index is -0.697. The van der Waals surface area contributed by atoms with Crippen LogP contribution in [0.1, 0.15) is 44.8 Å². The zero-order valence-electron chi connectivity index (χ0n) is 12.1. The van der Waals surface area contributed by atoms with Gasteiger partial charge in [-0.3, -0.25) is 4.98 Å². The highest BCUT2D eigenvalue weighted by Crippen LogP contribution is 2.22. The van der Waals surface area contributed by atoms with Crippen LogP contribution in [0.25, 0.3) is 0 Å². The predicted octanol–water partition coefficient (Wildman–Crippen LogP) is 2.09. The highest BCUT2D eigenvalue weighted by atomic mass is 16.3. The molecule has 2 rings (SSSR count). The van der Waals surface area contributed by atoms with Gasteiger partial charge < -0.3 is 15.3 Å². The van der Waals surface area contributed by atoms with Gasteiger partial charge in [0.15, 0.2) is 0 Å². The van der Waals surface area contributed by atoms with E-state index in [1.165, 1.54) is 6.42 Å². The van der Waals surface area contributed by atoms with E-state index < -0.39 is 6.10 Å². The zero-order valence-corrected chi connectivity index (χ0v) is 12.1. The molecule has 20 heavy (non-hydrogen) atoms. The van der Waals surface area contributed by atoms with Gasteiger partial charge in [0.05, 0.1) is 6.10 Å². The van der Waals surface area contributed by atoms with Crippen molar-refractivity contribution < 1.29 is 9.90 Å². The molecule has 110 valence electrons. The Hall–Kier alpha value is -1.62. The Morgan fingerprint density at radius 2 is 2.00 bits per heavy atom. The van der Waals surface area contributed by atoms with Crippen LogP contribution >= 0.6 is 0 Å². The van der Waals surface area contributed by atoms with Gasteiger partial charge >= 0.3 is 6.03 Å². The van der Waals surface area contributed by atoms with E-state index in [0.29, 0.717) is 0 Å². The number of carbonyl (C=O) groups excluding carboxylic acids is 1. The Morgan fingerprint density at radius 3 is 2.60 bits per heavy atom. The molecule has 0 radical (unpaired) electrons. The number of rotatable bonds is 3. The number of nitrogens with zero attached hydrogens (tertiary/aromatic N) is 2. The predicted molar refractivity (Wildman–Crippen MR) is 77.2 cm³/mol. The number of hydrogen-bond donors (Lipinski definition) is 2.